The fraction of sp³-hybridized carbons (Fsp3) is 0.375. The maximum absolute atomic E-state index is 12.5. The van der Waals surface area contributed by atoms with Gasteiger partial charge in [-0.1, -0.05) is 31.4 Å². The van der Waals surface area contributed by atoms with Crippen molar-refractivity contribution in [3.63, 3.8) is 0 Å². The topological polar surface area (TPSA) is 107 Å². The van der Waals surface area contributed by atoms with Crippen LogP contribution in [0.2, 0.25) is 0 Å². The highest BCUT2D eigenvalue weighted by Crippen LogP contribution is 2.27. The molecular weight excluding hydrogens is 408 g/mol. The van der Waals surface area contributed by atoms with Crippen molar-refractivity contribution >= 4 is 28.6 Å². The average molecular weight is 437 g/mol. The Kier molecular flexibility index (Phi) is 6.30. The van der Waals surface area contributed by atoms with E-state index in [1.165, 1.54) is 6.42 Å². The van der Waals surface area contributed by atoms with Gasteiger partial charge >= 0.3 is 0 Å². The summed E-state index contributed by atoms with van der Waals surface area (Å²) in [5, 5.41) is 6.15. The highest BCUT2D eigenvalue weighted by Gasteiger charge is 2.23. The molecule has 3 N–H and O–H groups in total. The molecule has 0 atom stereocenters. The first-order valence-electron chi connectivity index (χ1n) is 10.9. The summed E-state index contributed by atoms with van der Waals surface area (Å²) < 4.78 is 5.73. The molecule has 0 bridgehead atoms. The Morgan fingerprint density at radius 1 is 1.06 bits per heavy atom. The Bertz CT molecular complexity index is 1140. The third kappa shape index (κ3) is 4.54. The summed E-state index contributed by atoms with van der Waals surface area (Å²) in [4.78, 5) is 41.6. The lowest BCUT2D eigenvalue weighted by Crippen LogP contribution is -2.44. The number of carbonyl (C=O) groups excluding carboxylic acids is 3. The van der Waals surface area contributed by atoms with E-state index in [0.717, 1.165) is 42.1 Å². The number of amides is 3. The lowest BCUT2D eigenvalue weighted by atomic mass is 9.94. The number of hydrogen-bond acceptors (Lipinski definition) is 4. The van der Waals surface area contributed by atoms with Crippen LogP contribution in [-0.4, -0.2) is 54.3 Å². The number of hydrogen-bond donors (Lipinski definition) is 3. The highest BCUT2D eigenvalue weighted by atomic mass is 16.3. The second kappa shape index (κ2) is 9.30. The largest absolute Gasteiger partial charge is 0.451 e. The molecule has 1 aliphatic carbocycles. The number of aromatic nitrogens is 1. The summed E-state index contributed by atoms with van der Waals surface area (Å²) in [5.74, 6) is -0.0430. The Labute approximate surface area is 186 Å². The number of furan rings is 1. The molecule has 0 spiro atoms. The van der Waals surface area contributed by atoms with Crippen molar-refractivity contribution in [2.45, 2.75) is 38.1 Å². The normalized spacial score (nSPS) is 14.3. The molecule has 8 nitrogen and oxygen atoms in total. The van der Waals surface area contributed by atoms with Gasteiger partial charge in [-0.2, -0.15) is 0 Å². The minimum atomic E-state index is -0.426. The summed E-state index contributed by atoms with van der Waals surface area (Å²) in [6.07, 6.45) is 5.56. The van der Waals surface area contributed by atoms with Gasteiger partial charge in [0.2, 0.25) is 5.91 Å². The van der Waals surface area contributed by atoms with Gasteiger partial charge in [-0.05, 0) is 37.1 Å². The summed E-state index contributed by atoms with van der Waals surface area (Å²) in [7, 11) is 3.39. The molecular formula is C24H28N4O4. The molecule has 3 aromatic rings. The summed E-state index contributed by atoms with van der Waals surface area (Å²) in [6.45, 7) is -0.0570. The molecule has 0 aliphatic heterocycles. The number of fused-ring (bicyclic) bond motifs is 1. The Balaban J connectivity index is 1.40. The molecule has 0 saturated heterocycles. The van der Waals surface area contributed by atoms with Crippen LogP contribution in [0.4, 0.5) is 0 Å². The van der Waals surface area contributed by atoms with Gasteiger partial charge in [0.05, 0.1) is 6.54 Å². The van der Waals surface area contributed by atoms with Crippen molar-refractivity contribution in [3.05, 3.63) is 47.9 Å². The predicted molar refractivity (Wildman–Crippen MR) is 121 cm³/mol. The summed E-state index contributed by atoms with van der Waals surface area (Å²) in [6, 6.07) is 11.0. The third-order valence-corrected chi connectivity index (χ3v) is 6.12. The molecule has 168 valence electrons. The van der Waals surface area contributed by atoms with Gasteiger partial charge < -0.3 is 24.9 Å². The number of H-pyrrole nitrogens is 1. The SMILES string of the molecule is CNC(=O)c1cc2ccc(-c3ccc(C(=O)NCC(=O)N(C)C4CCCCC4)o3)cc2[nH]1. The molecule has 1 fully saturated rings. The van der Waals surface area contributed by atoms with Crippen LogP contribution >= 0.6 is 0 Å². The van der Waals surface area contributed by atoms with Crippen LogP contribution in [0.25, 0.3) is 22.2 Å². The zero-order chi connectivity index (χ0) is 22.7. The van der Waals surface area contributed by atoms with Crippen molar-refractivity contribution in [1.82, 2.24) is 20.5 Å². The lowest BCUT2D eigenvalue weighted by molar-refractivity contribution is -0.131. The van der Waals surface area contributed by atoms with E-state index in [1.54, 1.807) is 30.1 Å². The zero-order valence-corrected chi connectivity index (χ0v) is 18.4. The van der Waals surface area contributed by atoms with Crippen LogP contribution in [0.1, 0.15) is 53.1 Å². The standard InChI is InChI=1S/C24H28N4O4/c1-25-23(30)19-12-15-8-9-16(13-18(15)27-19)20-10-11-21(32-20)24(31)26-14-22(29)28(2)17-6-4-3-5-7-17/h8-13,17,27H,3-7,14H2,1-2H3,(H,25,30)(H,26,31). The van der Waals surface area contributed by atoms with Crippen molar-refractivity contribution in [2.24, 2.45) is 0 Å². The number of carbonyl (C=O) groups is 3. The van der Waals surface area contributed by atoms with E-state index in [0.29, 0.717) is 11.5 Å². The van der Waals surface area contributed by atoms with E-state index in [2.05, 4.69) is 15.6 Å². The number of aromatic amines is 1. The quantitative estimate of drug-likeness (QED) is 0.551. The number of nitrogens with zero attached hydrogens (tertiary/aromatic N) is 1. The predicted octanol–water partition coefficient (Wildman–Crippen LogP) is 3.31. The molecule has 1 aliphatic rings. The van der Waals surface area contributed by atoms with E-state index >= 15 is 0 Å². The van der Waals surface area contributed by atoms with E-state index < -0.39 is 5.91 Å². The summed E-state index contributed by atoms with van der Waals surface area (Å²) in [5.41, 5.74) is 2.04. The Morgan fingerprint density at radius 2 is 1.84 bits per heavy atom. The molecule has 1 saturated carbocycles. The molecule has 0 radical (unpaired) electrons. The third-order valence-electron chi connectivity index (χ3n) is 6.12. The van der Waals surface area contributed by atoms with Gasteiger partial charge in [-0.25, -0.2) is 0 Å². The first kappa shape index (κ1) is 21.7. The van der Waals surface area contributed by atoms with Crippen LogP contribution in [0.15, 0.2) is 40.8 Å². The number of benzene rings is 1. The summed E-state index contributed by atoms with van der Waals surface area (Å²) >= 11 is 0. The fourth-order valence-electron chi connectivity index (χ4n) is 4.19. The minimum Gasteiger partial charge on any atom is -0.451 e. The fourth-order valence-corrected chi connectivity index (χ4v) is 4.19. The van der Waals surface area contributed by atoms with E-state index in [-0.39, 0.29) is 30.2 Å². The molecule has 0 unspecified atom stereocenters. The smallest absolute Gasteiger partial charge is 0.287 e. The minimum absolute atomic E-state index is 0.0570. The molecule has 8 heteroatoms. The molecule has 1 aromatic carbocycles. The molecule has 4 rings (SSSR count). The van der Waals surface area contributed by atoms with Gasteiger partial charge in [0.1, 0.15) is 11.5 Å². The average Bonchev–Trinajstić information content (AvgIpc) is 3.49. The van der Waals surface area contributed by atoms with Crippen LogP contribution in [0.3, 0.4) is 0 Å². The highest BCUT2D eigenvalue weighted by molar-refractivity contribution is 5.99. The van der Waals surface area contributed by atoms with Gasteiger partial charge in [-0.3, -0.25) is 14.4 Å². The first-order chi connectivity index (χ1) is 15.5. The van der Waals surface area contributed by atoms with Crippen molar-refractivity contribution in [1.29, 1.82) is 0 Å². The Morgan fingerprint density at radius 3 is 2.59 bits per heavy atom. The monoisotopic (exact) mass is 436 g/mol. The van der Waals surface area contributed by atoms with Gasteiger partial charge in [0, 0.05) is 36.6 Å². The van der Waals surface area contributed by atoms with Crippen LogP contribution in [0.5, 0.6) is 0 Å². The van der Waals surface area contributed by atoms with Crippen molar-refractivity contribution < 1.29 is 18.8 Å². The van der Waals surface area contributed by atoms with Gasteiger partial charge in [0.25, 0.3) is 11.8 Å². The van der Waals surface area contributed by atoms with E-state index in [1.807, 2.05) is 25.2 Å². The zero-order valence-electron chi connectivity index (χ0n) is 18.4. The lowest BCUT2D eigenvalue weighted by Gasteiger charge is -2.31. The maximum atomic E-state index is 12.5. The second-order valence-electron chi connectivity index (χ2n) is 8.21. The van der Waals surface area contributed by atoms with Crippen molar-refractivity contribution in [3.8, 4) is 11.3 Å². The van der Waals surface area contributed by atoms with Gasteiger partial charge in [-0.15, -0.1) is 0 Å². The first-order valence-corrected chi connectivity index (χ1v) is 10.9. The molecule has 2 heterocycles. The number of nitrogens with one attached hydrogen (secondary N) is 3. The molecule has 2 aromatic heterocycles. The number of likely N-dealkylation sites (N-methyl/N-ethyl adjacent to an activating group) is 1. The van der Waals surface area contributed by atoms with Crippen LogP contribution in [-0.2, 0) is 4.79 Å². The second-order valence-corrected chi connectivity index (χ2v) is 8.21. The van der Waals surface area contributed by atoms with Crippen LogP contribution < -0.4 is 10.6 Å². The maximum Gasteiger partial charge on any atom is 0.287 e. The molecule has 32 heavy (non-hydrogen) atoms. The molecule has 3 amide bonds. The van der Waals surface area contributed by atoms with Crippen molar-refractivity contribution in [2.75, 3.05) is 20.6 Å². The Hall–Kier alpha value is -3.55. The number of rotatable bonds is 6. The van der Waals surface area contributed by atoms with Crippen LogP contribution in [0, 0.1) is 0 Å². The van der Waals surface area contributed by atoms with Gasteiger partial charge in [0.15, 0.2) is 5.76 Å². The van der Waals surface area contributed by atoms with E-state index in [4.69, 9.17) is 4.42 Å². The van der Waals surface area contributed by atoms with E-state index in [9.17, 15) is 14.4 Å².